The highest BCUT2D eigenvalue weighted by Gasteiger charge is 2.52. The molecule has 2 aromatic carbocycles. The van der Waals surface area contributed by atoms with E-state index in [0.717, 1.165) is 0 Å². The molecule has 0 bridgehead atoms. The fourth-order valence-corrected chi connectivity index (χ4v) is 4.31. The van der Waals surface area contributed by atoms with Gasteiger partial charge in [0, 0.05) is 17.7 Å². The summed E-state index contributed by atoms with van der Waals surface area (Å²) >= 11 is 6.03. The van der Waals surface area contributed by atoms with Crippen molar-refractivity contribution in [2.75, 3.05) is 13.1 Å². The Balaban J connectivity index is 1.46. The van der Waals surface area contributed by atoms with E-state index in [2.05, 4.69) is 0 Å². The molecular formula is C22H20ClFN2O4. The first kappa shape index (κ1) is 20.3. The molecule has 2 aliphatic heterocycles. The number of carbonyl (C=O) groups excluding carboxylic acids is 3. The largest absolute Gasteiger partial charge is 0.444 e. The number of ether oxygens (including phenoxy) is 1. The van der Waals surface area contributed by atoms with Crippen molar-refractivity contribution < 1.29 is 23.5 Å². The lowest BCUT2D eigenvalue weighted by Crippen LogP contribution is -2.43. The van der Waals surface area contributed by atoms with Crippen molar-refractivity contribution in [1.29, 1.82) is 0 Å². The highest BCUT2D eigenvalue weighted by molar-refractivity contribution is 6.31. The van der Waals surface area contributed by atoms with Crippen molar-refractivity contribution in [3.63, 3.8) is 0 Å². The Kier molecular flexibility index (Phi) is 5.47. The number of ketones is 1. The fraction of sp³-hybridized carbons (Fsp3) is 0.318. The van der Waals surface area contributed by atoms with E-state index in [1.807, 2.05) is 6.07 Å². The Morgan fingerprint density at radius 2 is 1.90 bits per heavy atom. The van der Waals surface area contributed by atoms with Crippen LogP contribution in [0.15, 0.2) is 42.5 Å². The van der Waals surface area contributed by atoms with Gasteiger partial charge in [0.15, 0.2) is 5.78 Å². The standard InChI is InChI=1S/C22H20ClFN2O4/c1-13-7-8-16(23)15(19(13)24)12-30-22(29)25-10-9-17-20(25)18(27)11-26(17)21(28)14-5-3-2-4-6-14/h2-8,17,20H,9-12H2,1H3/t17-,20+/m1/s1. The van der Waals surface area contributed by atoms with Gasteiger partial charge in [0.25, 0.3) is 5.91 Å². The number of carbonyl (C=O) groups is 3. The summed E-state index contributed by atoms with van der Waals surface area (Å²) in [6.07, 6.45) is -0.245. The second kappa shape index (κ2) is 8.07. The van der Waals surface area contributed by atoms with Crippen LogP contribution in [0, 0.1) is 12.7 Å². The molecule has 0 radical (unpaired) electrons. The van der Waals surface area contributed by atoms with Crippen molar-refractivity contribution in [2.45, 2.75) is 32.0 Å². The second-order valence-corrected chi connectivity index (χ2v) is 7.88. The van der Waals surface area contributed by atoms with E-state index in [1.54, 1.807) is 43.3 Å². The number of hydrogen-bond donors (Lipinski definition) is 0. The van der Waals surface area contributed by atoms with Crippen LogP contribution in [0.5, 0.6) is 0 Å². The smallest absolute Gasteiger partial charge is 0.410 e. The summed E-state index contributed by atoms with van der Waals surface area (Å²) in [7, 11) is 0. The van der Waals surface area contributed by atoms with Gasteiger partial charge in [0.2, 0.25) is 0 Å². The van der Waals surface area contributed by atoms with Gasteiger partial charge >= 0.3 is 6.09 Å². The molecule has 30 heavy (non-hydrogen) atoms. The Bertz CT molecular complexity index is 1010. The Hall–Kier alpha value is -2.93. The zero-order valence-electron chi connectivity index (χ0n) is 16.3. The van der Waals surface area contributed by atoms with Crippen LogP contribution in [0.4, 0.5) is 9.18 Å². The number of rotatable bonds is 3. The average molecular weight is 431 g/mol. The summed E-state index contributed by atoms with van der Waals surface area (Å²) in [5.41, 5.74) is 0.989. The number of likely N-dealkylation sites (tertiary alicyclic amines) is 2. The van der Waals surface area contributed by atoms with Gasteiger partial charge in [-0.15, -0.1) is 0 Å². The predicted molar refractivity (Wildman–Crippen MR) is 108 cm³/mol. The Morgan fingerprint density at radius 1 is 1.17 bits per heavy atom. The minimum Gasteiger partial charge on any atom is -0.444 e. The molecule has 2 aromatic rings. The minimum atomic E-state index is -0.747. The van der Waals surface area contributed by atoms with Gasteiger partial charge in [-0.1, -0.05) is 35.9 Å². The van der Waals surface area contributed by atoms with Crippen LogP contribution in [-0.2, 0) is 16.1 Å². The molecule has 0 unspecified atom stereocenters. The quantitative estimate of drug-likeness (QED) is 0.746. The molecule has 6 nitrogen and oxygen atoms in total. The van der Waals surface area contributed by atoms with Gasteiger partial charge in [-0.2, -0.15) is 0 Å². The van der Waals surface area contributed by atoms with Gasteiger partial charge in [0.05, 0.1) is 17.6 Å². The van der Waals surface area contributed by atoms with Gasteiger partial charge in [-0.25, -0.2) is 9.18 Å². The van der Waals surface area contributed by atoms with Crippen molar-refractivity contribution in [1.82, 2.24) is 9.80 Å². The molecule has 2 atom stereocenters. The normalized spacial score (nSPS) is 20.4. The lowest BCUT2D eigenvalue weighted by molar-refractivity contribution is -0.120. The Labute approximate surface area is 178 Å². The van der Waals surface area contributed by atoms with Crippen LogP contribution < -0.4 is 0 Å². The average Bonchev–Trinajstić information content (AvgIpc) is 3.32. The van der Waals surface area contributed by atoms with E-state index in [9.17, 15) is 18.8 Å². The second-order valence-electron chi connectivity index (χ2n) is 7.47. The lowest BCUT2D eigenvalue weighted by Gasteiger charge is -2.24. The van der Waals surface area contributed by atoms with Crippen LogP contribution >= 0.6 is 11.6 Å². The number of hydrogen-bond acceptors (Lipinski definition) is 4. The van der Waals surface area contributed by atoms with E-state index >= 15 is 0 Å². The van der Waals surface area contributed by atoms with Crippen LogP contribution in [0.1, 0.15) is 27.9 Å². The molecule has 156 valence electrons. The molecule has 2 amide bonds. The van der Waals surface area contributed by atoms with Gasteiger partial charge in [-0.3, -0.25) is 14.5 Å². The van der Waals surface area contributed by atoms with Crippen LogP contribution in [-0.4, -0.2) is 52.8 Å². The van der Waals surface area contributed by atoms with Crippen LogP contribution in [0.2, 0.25) is 5.02 Å². The zero-order chi connectivity index (χ0) is 21.4. The molecule has 0 spiro atoms. The molecule has 8 heteroatoms. The number of benzene rings is 2. The van der Waals surface area contributed by atoms with Crippen molar-refractivity contribution >= 4 is 29.4 Å². The van der Waals surface area contributed by atoms with E-state index in [4.69, 9.17) is 16.3 Å². The number of aryl methyl sites for hydroxylation is 1. The molecule has 2 fully saturated rings. The predicted octanol–water partition coefficient (Wildman–Crippen LogP) is 3.59. The zero-order valence-corrected chi connectivity index (χ0v) is 17.1. The number of fused-ring (bicyclic) bond motifs is 1. The van der Waals surface area contributed by atoms with Crippen LogP contribution in [0.25, 0.3) is 0 Å². The van der Waals surface area contributed by atoms with E-state index in [0.29, 0.717) is 17.5 Å². The monoisotopic (exact) mass is 430 g/mol. The summed E-state index contributed by atoms with van der Waals surface area (Å²) in [6, 6.07) is 10.7. The summed E-state index contributed by atoms with van der Waals surface area (Å²) in [6.45, 7) is 1.49. The molecule has 0 N–H and O–H groups in total. The Morgan fingerprint density at radius 3 is 2.63 bits per heavy atom. The first-order chi connectivity index (χ1) is 14.4. The third kappa shape index (κ3) is 3.54. The molecule has 2 heterocycles. The van der Waals surface area contributed by atoms with Crippen molar-refractivity contribution in [2.24, 2.45) is 0 Å². The first-order valence-corrected chi connectivity index (χ1v) is 10.0. The molecule has 0 aliphatic carbocycles. The van der Waals surface area contributed by atoms with Gasteiger partial charge < -0.3 is 9.64 Å². The molecule has 0 aromatic heterocycles. The SMILES string of the molecule is Cc1ccc(Cl)c(COC(=O)N2CC[C@@H]3[C@H]2C(=O)CN3C(=O)c2ccccc2)c1F. The topological polar surface area (TPSA) is 66.9 Å². The minimum absolute atomic E-state index is 0.0504. The molecular weight excluding hydrogens is 411 g/mol. The third-order valence-corrected chi connectivity index (χ3v) is 6.01. The maximum absolute atomic E-state index is 14.3. The molecule has 2 saturated heterocycles. The number of halogens is 2. The van der Waals surface area contributed by atoms with E-state index < -0.39 is 24.0 Å². The number of amides is 2. The first-order valence-electron chi connectivity index (χ1n) is 9.64. The highest BCUT2D eigenvalue weighted by atomic mass is 35.5. The van der Waals surface area contributed by atoms with Crippen molar-refractivity contribution in [3.8, 4) is 0 Å². The fourth-order valence-electron chi connectivity index (χ4n) is 4.11. The third-order valence-electron chi connectivity index (χ3n) is 5.66. The highest BCUT2D eigenvalue weighted by Crippen LogP contribution is 2.32. The number of Topliss-reactive ketones (excluding diaryl/α,β-unsaturated/α-hetero) is 1. The summed E-state index contributed by atoms with van der Waals surface area (Å²) < 4.78 is 19.6. The van der Waals surface area contributed by atoms with Crippen molar-refractivity contribution in [3.05, 3.63) is 70.0 Å². The lowest BCUT2D eigenvalue weighted by atomic mass is 10.1. The van der Waals surface area contributed by atoms with Gasteiger partial charge in [0.1, 0.15) is 18.5 Å². The van der Waals surface area contributed by atoms with Crippen LogP contribution in [0.3, 0.4) is 0 Å². The summed E-state index contributed by atoms with van der Waals surface area (Å²) in [5.74, 6) is -0.968. The van der Waals surface area contributed by atoms with E-state index in [-0.39, 0.29) is 42.0 Å². The molecule has 0 saturated carbocycles. The summed E-state index contributed by atoms with van der Waals surface area (Å²) in [5, 5.41) is 0.168. The summed E-state index contributed by atoms with van der Waals surface area (Å²) in [4.78, 5) is 40.9. The van der Waals surface area contributed by atoms with Gasteiger partial charge in [-0.05, 0) is 37.1 Å². The van der Waals surface area contributed by atoms with E-state index in [1.165, 1.54) is 9.80 Å². The molecule has 4 rings (SSSR count). The maximum Gasteiger partial charge on any atom is 0.410 e. The maximum atomic E-state index is 14.3. The molecule has 2 aliphatic rings. The number of nitrogens with zero attached hydrogens (tertiary/aromatic N) is 2.